The Balaban J connectivity index is 1.53. The van der Waals surface area contributed by atoms with Crippen molar-refractivity contribution in [1.29, 1.82) is 0 Å². The molecule has 27 heavy (non-hydrogen) atoms. The van der Waals surface area contributed by atoms with Gasteiger partial charge in [-0.15, -0.1) is 0 Å². The number of piperidine rings is 1. The van der Waals surface area contributed by atoms with Crippen molar-refractivity contribution >= 4 is 28.6 Å². The molecule has 2 aliphatic heterocycles. The number of pyridine rings is 2. The first-order valence-corrected chi connectivity index (χ1v) is 9.30. The Morgan fingerprint density at radius 1 is 1.07 bits per heavy atom. The number of nitrogens with zero attached hydrogens (tertiary/aromatic N) is 5. The van der Waals surface area contributed by atoms with E-state index < -0.39 is 0 Å². The number of amides is 1. The van der Waals surface area contributed by atoms with Gasteiger partial charge in [0.15, 0.2) is 0 Å². The van der Waals surface area contributed by atoms with Crippen LogP contribution in [-0.2, 0) is 4.74 Å². The van der Waals surface area contributed by atoms with Crippen LogP contribution in [-0.4, -0.2) is 52.5 Å². The average molecular weight is 364 g/mol. The van der Waals surface area contributed by atoms with E-state index in [1.165, 1.54) is 24.2 Å². The number of carbonyl (C=O) groups excluding carboxylic acids is 1. The van der Waals surface area contributed by atoms with Crippen molar-refractivity contribution in [2.75, 3.05) is 36.0 Å². The van der Waals surface area contributed by atoms with Gasteiger partial charge in [-0.25, -0.2) is 14.8 Å². The molecule has 2 saturated heterocycles. The van der Waals surface area contributed by atoms with Gasteiger partial charge in [-0.1, -0.05) is 6.07 Å². The third-order valence-corrected chi connectivity index (χ3v) is 5.13. The van der Waals surface area contributed by atoms with E-state index in [-0.39, 0.29) is 6.09 Å². The van der Waals surface area contributed by atoms with E-state index in [1.807, 2.05) is 18.2 Å². The van der Waals surface area contributed by atoms with E-state index >= 15 is 0 Å². The van der Waals surface area contributed by atoms with Gasteiger partial charge in [0.1, 0.15) is 23.9 Å². The number of fused-ring (bicyclic) bond motifs is 1. The second-order valence-corrected chi connectivity index (χ2v) is 6.86. The second-order valence-electron chi connectivity index (χ2n) is 6.86. The molecule has 8 nitrogen and oxygen atoms in total. The number of hydrogen-bond donors (Lipinski definition) is 1. The van der Waals surface area contributed by atoms with E-state index in [9.17, 15) is 4.79 Å². The molecule has 2 fully saturated rings. The van der Waals surface area contributed by atoms with Crippen LogP contribution < -0.4 is 9.80 Å². The molecule has 0 unspecified atom stereocenters. The fraction of sp³-hybridized carbons (Fsp3) is 0.368. The van der Waals surface area contributed by atoms with Crippen LogP contribution in [0.2, 0.25) is 0 Å². The van der Waals surface area contributed by atoms with Gasteiger partial charge in [0.2, 0.25) is 0 Å². The molecule has 0 radical (unpaired) electrons. The number of aromatic nitrogens is 4. The summed E-state index contributed by atoms with van der Waals surface area (Å²) in [5.74, 6) is 1.56. The lowest BCUT2D eigenvalue weighted by Gasteiger charge is -2.27. The summed E-state index contributed by atoms with van der Waals surface area (Å²) in [4.78, 5) is 24.9. The standard InChI is InChI=1S/C19H20N6O2/c26-19-25(9-10-27-19)17-11-13-15(12-20-17)22-23-18(13)14-5-4-6-16(21-14)24-7-2-1-3-8-24/h4-6,11-12H,1-3,7-10H2,(H,22,23). The van der Waals surface area contributed by atoms with Crippen molar-refractivity contribution in [1.82, 2.24) is 20.2 Å². The molecule has 8 heteroatoms. The van der Waals surface area contributed by atoms with E-state index in [4.69, 9.17) is 9.72 Å². The molecule has 0 bridgehead atoms. The predicted molar refractivity (Wildman–Crippen MR) is 102 cm³/mol. The summed E-state index contributed by atoms with van der Waals surface area (Å²) in [6.45, 7) is 2.98. The fourth-order valence-corrected chi connectivity index (χ4v) is 3.70. The number of rotatable bonds is 3. The van der Waals surface area contributed by atoms with Crippen LogP contribution in [0.1, 0.15) is 19.3 Å². The van der Waals surface area contributed by atoms with Gasteiger partial charge in [-0.2, -0.15) is 5.10 Å². The van der Waals surface area contributed by atoms with E-state index in [0.29, 0.717) is 19.0 Å². The highest BCUT2D eigenvalue weighted by atomic mass is 16.6. The summed E-state index contributed by atoms with van der Waals surface area (Å²) < 4.78 is 5.02. The van der Waals surface area contributed by atoms with Crippen LogP contribution in [0.25, 0.3) is 22.3 Å². The zero-order chi connectivity index (χ0) is 18.2. The van der Waals surface area contributed by atoms with Crippen molar-refractivity contribution in [3.8, 4) is 11.4 Å². The van der Waals surface area contributed by atoms with Gasteiger partial charge < -0.3 is 9.64 Å². The third kappa shape index (κ3) is 2.87. The number of cyclic esters (lactones) is 1. The average Bonchev–Trinajstić information content (AvgIpc) is 3.34. The first kappa shape index (κ1) is 16.0. The molecular formula is C19H20N6O2. The van der Waals surface area contributed by atoms with Crippen LogP contribution >= 0.6 is 0 Å². The van der Waals surface area contributed by atoms with E-state index in [2.05, 4.69) is 26.1 Å². The molecule has 0 saturated carbocycles. The SMILES string of the molecule is O=C1OCCN1c1cc2c(-c3cccc(N4CCCCC4)n3)n[nH]c2cn1. The van der Waals surface area contributed by atoms with Crippen molar-refractivity contribution in [3.63, 3.8) is 0 Å². The van der Waals surface area contributed by atoms with Gasteiger partial charge in [0, 0.05) is 18.5 Å². The molecule has 0 spiro atoms. The lowest BCUT2D eigenvalue weighted by atomic mass is 10.1. The normalized spacial score (nSPS) is 17.6. The highest BCUT2D eigenvalue weighted by Gasteiger charge is 2.25. The predicted octanol–water partition coefficient (Wildman–Crippen LogP) is 2.97. The number of nitrogens with one attached hydrogen (secondary N) is 1. The van der Waals surface area contributed by atoms with Crippen LogP contribution in [0, 0.1) is 0 Å². The van der Waals surface area contributed by atoms with E-state index in [1.54, 1.807) is 6.20 Å². The smallest absolute Gasteiger partial charge is 0.415 e. The number of ether oxygens (including phenoxy) is 1. The first-order valence-electron chi connectivity index (χ1n) is 9.30. The monoisotopic (exact) mass is 364 g/mol. The summed E-state index contributed by atoms with van der Waals surface area (Å²) >= 11 is 0. The Hall–Kier alpha value is -3.16. The summed E-state index contributed by atoms with van der Waals surface area (Å²) in [5, 5.41) is 8.36. The molecule has 5 heterocycles. The molecule has 138 valence electrons. The Bertz CT molecular complexity index is 995. The fourth-order valence-electron chi connectivity index (χ4n) is 3.70. The third-order valence-electron chi connectivity index (χ3n) is 5.13. The number of hydrogen-bond acceptors (Lipinski definition) is 6. The van der Waals surface area contributed by atoms with E-state index in [0.717, 1.165) is 41.2 Å². The molecule has 2 aliphatic rings. The zero-order valence-corrected chi connectivity index (χ0v) is 14.9. The van der Waals surface area contributed by atoms with Crippen molar-refractivity contribution in [3.05, 3.63) is 30.5 Å². The number of aromatic amines is 1. The topological polar surface area (TPSA) is 87.2 Å². The van der Waals surface area contributed by atoms with Gasteiger partial charge in [0.05, 0.1) is 24.0 Å². The Morgan fingerprint density at radius 2 is 1.96 bits per heavy atom. The molecule has 1 amide bonds. The second kappa shape index (κ2) is 6.53. The summed E-state index contributed by atoms with van der Waals surface area (Å²) in [7, 11) is 0. The van der Waals surface area contributed by atoms with Crippen LogP contribution in [0.15, 0.2) is 30.5 Å². The maximum Gasteiger partial charge on any atom is 0.415 e. The minimum Gasteiger partial charge on any atom is -0.447 e. The highest BCUT2D eigenvalue weighted by Crippen LogP contribution is 2.29. The minimum absolute atomic E-state index is 0.364. The zero-order valence-electron chi connectivity index (χ0n) is 14.9. The molecule has 3 aromatic heterocycles. The molecule has 0 atom stereocenters. The quantitative estimate of drug-likeness (QED) is 0.769. The molecule has 3 aromatic rings. The lowest BCUT2D eigenvalue weighted by Crippen LogP contribution is -2.30. The molecular weight excluding hydrogens is 344 g/mol. The Labute approximate surface area is 156 Å². The van der Waals surface area contributed by atoms with Crippen molar-refractivity contribution < 1.29 is 9.53 Å². The number of carbonyl (C=O) groups is 1. The Kier molecular flexibility index (Phi) is 3.88. The van der Waals surface area contributed by atoms with Crippen LogP contribution in [0.5, 0.6) is 0 Å². The molecule has 0 aliphatic carbocycles. The molecule has 1 N–H and O–H groups in total. The molecule has 5 rings (SSSR count). The lowest BCUT2D eigenvalue weighted by molar-refractivity contribution is 0.181. The minimum atomic E-state index is -0.364. The Morgan fingerprint density at radius 3 is 2.78 bits per heavy atom. The van der Waals surface area contributed by atoms with Crippen molar-refractivity contribution in [2.24, 2.45) is 0 Å². The number of H-pyrrole nitrogens is 1. The summed E-state index contributed by atoms with van der Waals surface area (Å²) in [5.41, 5.74) is 2.39. The van der Waals surface area contributed by atoms with Crippen LogP contribution in [0.4, 0.5) is 16.4 Å². The van der Waals surface area contributed by atoms with Gasteiger partial charge in [-0.3, -0.25) is 10.00 Å². The van der Waals surface area contributed by atoms with Gasteiger partial charge in [-0.05, 0) is 37.5 Å². The maximum atomic E-state index is 11.8. The summed E-state index contributed by atoms with van der Waals surface area (Å²) in [6.07, 6.45) is 5.03. The highest BCUT2D eigenvalue weighted by molar-refractivity contribution is 5.96. The largest absolute Gasteiger partial charge is 0.447 e. The van der Waals surface area contributed by atoms with Crippen LogP contribution in [0.3, 0.4) is 0 Å². The number of anilines is 2. The van der Waals surface area contributed by atoms with Crippen molar-refractivity contribution in [2.45, 2.75) is 19.3 Å². The maximum absolute atomic E-state index is 11.8. The summed E-state index contributed by atoms with van der Waals surface area (Å²) in [6, 6.07) is 7.91. The van der Waals surface area contributed by atoms with Gasteiger partial charge in [0.25, 0.3) is 0 Å². The van der Waals surface area contributed by atoms with Gasteiger partial charge >= 0.3 is 6.09 Å². The first-order chi connectivity index (χ1) is 13.3. The molecule has 0 aromatic carbocycles.